The summed E-state index contributed by atoms with van der Waals surface area (Å²) >= 11 is 3.34. The molecule has 0 aliphatic carbocycles. The number of benzene rings is 2. The summed E-state index contributed by atoms with van der Waals surface area (Å²) in [5.74, 6) is -1.43. The third kappa shape index (κ3) is 6.40. The lowest BCUT2D eigenvalue weighted by Gasteiger charge is -2.39. The van der Waals surface area contributed by atoms with Crippen molar-refractivity contribution in [1.82, 2.24) is 15.2 Å². The average molecular weight is 578 g/mol. The van der Waals surface area contributed by atoms with Gasteiger partial charge in [-0.3, -0.25) is 9.59 Å². The molecule has 0 radical (unpaired) electrons. The van der Waals surface area contributed by atoms with E-state index in [0.717, 1.165) is 11.6 Å². The Morgan fingerprint density at radius 2 is 1.81 bits per heavy atom. The van der Waals surface area contributed by atoms with Crippen molar-refractivity contribution in [3.63, 3.8) is 0 Å². The van der Waals surface area contributed by atoms with Crippen LogP contribution >= 0.6 is 15.9 Å². The van der Waals surface area contributed by atoms with Crippen LogP contribution in [0, 0.1) is 0 Å². The van der Waals surface area contributed by atoms with Gasteiger partial charge in [0.15, 0.2) is 0 Å². The molecule has 2 aromatic carbocycles. The number of ether oxygens (including phenoxy) is 2. The van der Waals surface area contributed by atoms with E-state index in [2.05, 4.69) is 31.0 Å². The number of nitrogens with one attached hydrogen (secondary N) is 1. The molecule has 0 bridgehead atoms. The molecule has 2 heterocycles. The van der Waals surface area contributed by atoms with Crippen molar-refractivity contribution in [2.45, 2.75) is 24.7 Å². The van der Waals surface area contributed by atoms with Crippen LogP contribution in [-0.4, -0.2) is 54.3 Å². The summed E-state index contributed by atoms with van der Waals surface area (Å²) in [4.78, 5) is 32.2. The highest BCUT2D eigenvalue weighted by molar-refractivity contribution is 9.10. The van der Waals surface area contributed by atoms with Gasteiger partial charge in [0.2, 0.25) is 5.88 Å². The molecular weight excluding hydrogens is 555 g/mol. The van der Waals surface area contributed by atoms with E-state index in [1.807, 2.05) is 30.3 Å². The Balaban J connectivity index is 1.56. The van der Waals surface area contributed by atoms with E-state index in [1.54, 1.807) is 11.0 Å². The molecule has 1 saturated heterocycles. The van der Waals surface area contributed by atoms with E-state index in [-0.39, 0.29) is 23.9 Å². The molecular formula is C26H23BrF3N3O4. The van der Waals surface area contributed by atoms with Crippen LogP contribution in [0.25, 0.3) is 0 Å². The van der Waals surface area contributed by atoms with Gasteiger partial charge in [-0.1, -0.05) is 42.5 Å². The van der Waals surface area contributed by atoms with Gasteiger partial charge in [0, 0.05) is 31.2 Å². The van der Waals surface area contributed by atoms with Crippen molar-refractivity contribution >= 4 is 27.7 Å². The molecule has 1 fully saturated rings. The molecule has 1 aliphatic rings. The standard InChI is InChI=1S/C26H23BrF3N3O4/c1-36-24-20(27)13-17(14-31-24)25(35)33-12-11-21(19(15-33)16-7-3-2-4-8-16)32-23(34)18-9-5-6-10-22(18)37-26(28,29)30/h2-10,13-14,19,21H,11-12,15H2,1H3,(H,32,34)/t19-,21-/m1/s1. The number of piperidine rings is 1. The predicted molar refractivity (Wildman–Crippen MR) is 133 cm³/mol. The Morgan fingerprint density at radius 3 is 2.49 bits per heavy atom. The van der Waals surface area contributed by atoms with Gasteiger partial charge in [-0.25, -0.2) is 4.98 Å². The number of carbonyl (C=O) groups is 2. The lowest BCUT2D eigenvalue weighted by Crippen LogP contribution is -2.51. The van der Waals surface area contributed by atoms with Crippen LogP contribution < -0.4 is 14.8 Å². The van der Waals surface area contributed by atoms with Crippen LogP contribution in [0.4, 0.5) is 13.2 Å². The normalized spacial score (nSPS) is 17.7. The predicted octanol–water partition coefficient (Wildman–Crippen LogP) is 5.18. The first-order valence-corrected chi connectivity index (χ1v) is 12.1. The minimum Gasteiger partial charge on any atom is -0.480 e. The minimum absolute atomic E-state index is 0.223. The first-order chi connectivity index (χ1) is 17.7. The smallest absolute Gasteiger partial charge is 0.480 e. The zero-order valence-corrected chi connectivity index (χ0v) is 21.3. The number of halogens is 4. The number of rotatable bonds is 6. The number of amides is 2. The molecule has 0 unspecified atom stereocenters. The quantitative estimate of drug-likeness (QED) is 0.436. The average Bonchev–Trinajstić information content (AvgIpc) is 2.88. The van der Waals surface area contributed by atoms with Crippen molar-refractivity contribution in [3.8, 4) is 11.6 Å². The van der Waals surface area contributed by atoms with Crippen LogP contribution in [0.3, 0.4) is 0 Å². The third-order valence-corrected chi connectivity index (χ3v) is 6.62. The largest absolute Gasteiger partial charge is 0.573 e. The Hall–Kier alpha value is -3.60. The van der Waals surface area contributed by atoms with Crippen LogP contribution in [-0.2, 0) is 0 Å². The van der Waals surface area contributed by atoms with Crippen LogP contribution in [0.2, 0.25) is 0 Å². The molecule has 3 aromatic rings. The molecule has 2 amide bonds. The number of hydrogen-bond donors (Lipinski definition) is 1. The maximum atomic E-state index is 13.3. The maximum absolute atomic E-state index is 13.3. The monoisotopic (exact) mass is 577 g/mol. The molecule has 2 atom stereocenters. The van der Waals surface area contributed by atoms with Gasteiger partial charge in [-0.2, -0.15) is 0 Å². The molecule has 194 valence electrons. The van der Waals surface area contributed by atoms with E-state index < -0.39 is 24.1 Å². The highest BCUT2D eigenvalue weighted by Gasteiger charge is 2.36. The van der Waals surface area contributed by atoms with E-state index >= 15 is 0 Å². The molecule has 37 heavy (non-hydrogen) atoms. The van der Waals surface area contributed by atoms with E-state index in [0.29, 0.717) is 28.9 Å². The van der Waals surface area contributed by atoms with Crippen molar-refractivity contribution < 1.29 is 32.2 Å². The number of nitrogens with zero attached hydrogens (tertiary/aromatic N) is 2. The molecule has 1 aromatic heterocycles. The lowest BCUT2D eigenvalue weighted by atomic mass is 9.85. The Kier molecular flexibility index (Phi) is 8.01. The molecule has 1 N–H and O–H groups in total. The summed E-state index contributed by atoms with van der Waals surface area (Å²) in [5, 5.41) is 2.87. The number of hydrogen-bond acceptors (Lipinski definition) is 5. The van der Waals surface area contributed by atoms with Crippen molar-refractivity contribution in [2.24, 2.45) is 0 Å². The summed E-state index contributed by atoms with van der Waals surface area (Å²) in [5.41, 5.74) is 1.04. The van der Waals surface area contributed by atoms with Crippen molar-refractivity contribution in [3.05, 3.63) is 88.0 Å². The van der Waals surface area contributed by atoms with E-state index in [9.17, 15) is 22.8 Å². The Bertz CT molecular complexity index is 1270. The topological polar surface area (TPSA) is 80.8 Å². The van der Waals surface area contributed by atoms with Crippen LogP contribution in [0.5, 0.6) is 11.6 Å². The zero-order chi connectivity index (χ0) is 26.6. The van der Waals surface area contributed by atoms with Gasteiger partial charge >= 0.3 is 6.36 Å². The lowest BCUT2D eigenvalue weighted by molar-refractivity contribution is -0.274. The molecule has 4 rings (SSSR count). The molecule has 0 spiro atoms. The van der Waals surface area contributed by atoms with Gasteiger partial charge in [0.25, 0.3) is 11.8 Å². The number of aromatic nitrogens is 1. The fraction of sp³-hybridized carbons (Fsp3) is 0.269. The summed E-state index contributed by atoms with van der Waals surface area (Å²) < 4.78 is 48.3. The number of para-hydroxylation sites is 1. The maximum Gasteiger partial charge on any atom is 0.573 e. The number of likely N-dealkylation sites (tertiary alicyclic amines) is 1. The number of carbonyl (C=O) groups excluding carboxylic acids is 2. The SMILES string of the molecule is COc1ncc(C(=O)N2CC[C@@H](NC(=O)c3ccccc3OC(F)(F)F)[C@@H](c3ccccc3)C2)cc1Br. The molecule has 7 nitrogen and oxygen atoms in total. The van der Waals surface area contributed by atoms with Crippen LogP contribution in [0.15, 0.2) is 71.3 Å². The molecule has 0 saturated carbocycles. The summed E-state index contributed by atoms with van der Waals surface area (Å²) in [6.07, 6.45) is -3.10. The second-order valence-corrected chi connectivity index (χ2v) is 9.25. The highest BCUT2D eigenvalue weighted by atomic mass is 79.9. The molecule has 11 heteroatoms. The van der Waals surface area contributed by atoms with Crippen molar-refractivity contribution in [1.29, 1.82) is 0 Å². The first kappa shape index (κ1) is 26.5. The second-order valence-electron chi connectivity index (χ2n) is 8.40. The fourth-order valence-electron chi connectivity index (χ4n) is 4.34. The van der Waals surface area contributed by atoms with E-state index in [1.165, 1.54) is 31.5 Å². The summed E-state index contributed by atoms with van der Waals surface area (Å²) in [7, 11) is 1.48. The zero-order valence-electron chi connectivity index (χ0n) is 19.7. The van der Waals surface area contributed by atoms with Gasteiger partial charge in [-0.05, 0) is 46.1 Å². The van der Waals surface area contributed by atoms with Gasteiger partial charge in [0.05, 0.1) is 22.7 Å². The van der Waals surface area contributed by atoms with Gasteiger partial charge in [-0.15, -0.1) is 13.2 Å². The first-order valence-electron chi connectivity index (χ1n) is 11.4. The fourth-order valence-corrected chi connectivity index (χ4v) is 4.85. The van der Waals surface area contributed by atoms with Gasteiger partial charge in [0.1, 0.15) is 5.75 Å². The third-order valence-electron chi connectivity index (χ3n) is 6.05. The summed E-state index contributed by atoms with van der Waals surface area (Å²) in [6.45, 7) is 0.621. The number of methoxy groups -OCH3 is 1. The van der Waals surface area contributed by atoms with E-state index in [4.69, 9.17) is 4.74 Å². The van der Waals surface area contributed by atoms with Crippen LogP contribution in [0.1, 0.15) is 38.6 Å². The Labute approximate surface area is 219 Å². The molecule has 1 aliphatic heterocycles. The van der Waals surface area contributed by atoms with Crippen molar-refractivity contribution in [2.75, 3.05) is 20.2 Å². The number of alkyl halides is 3. The number of pyridine rings is 1. The van der Waals surface area contributed by atoms with Gasteiger partial charge < -0.3 is 19.7 Å². The Morgan fingerprint density at radius 1 is 1.11 bits per heavy atom. The minimum atomic E-state index is -4.93. The second kappa shape index (κ2) is 11.2. The highest BCUT2D eigenvalue weighted by Crippen LogP contribution is 2.31. The summed E-state index contributed by atoms with van der Waals surface area (Å²) in [6, 6.07) is 15.8.